The van der Waals surface area contributed by atoms with E-state index in [4.69, 9.17) is 9.47 Å². The maximum Gasteiger partial charge on any atom is 0.416 e. The molecule has 0 bridgehead atoms. The Hall–Kier alpha value is -3.85. The van der Waals surface area contributed by atoms with E-state index in [1.54, 1.807) is 12.5 Å². The second-order valence-electron chi connectivity index (χ2n) is 7.59. The lowest BCUT2D eigenvalue weighted by Crippen LogP contribution is -2.23. The molecule has 35 heavy (non-hydrogen) atoms. The number of alkyl halides is 3. The van der Waals surface area contributed by atoms with Crippen LogP contribution in [0.1, 0.15) is 27.2 Å². The summed E-state index contributed by atoms with van der Waals surface area (Å²) in [5.74, 6) is 0.938. The van der Waals surface area contributed by atoms with Gasteiger partial charge in [-0.3, -0.25) is 4.79 Å². The molecule has 0 unspecified atom stereocenters. The quantitative estimate of drug-likeness (QED) is 0.308. The van der Waals surface area contributed by atoms with Crippen molar-refractivity contribution in [2.24, 2.45) is 0 Å². The fourth-order valence-electron chi connectivity index (χ4n) is 3.29. The van der Waals surface area contributed by atoms with E-state index in [9.17, 15) is 18.0 Å². The second kappa shape index (κ2) is 10.6. The number of carbonyl (C=O) groups is 1. The lowest BCUT2D eigenvalue weighted by Gasteiger charge is -2.09. The molecule has 4 aromatic rings. The van der Waals surface area contributed by atoms with Crippen LogP contribution in [-0.2, 0) is 19.3 Å². The first-order chi connectivity index (χ1) is 16.8. The van der Waals surface area contributed by atoms with E-state index < -0.39 is 17.6 Å². The van der Waals surface area contributed by atoms with Crippen molar-refractivity contribution < 1.29 is 27.4 Å². The molecule has 0 aliphatic heterocycles. The molecule has 9 heteroatoms. The first-order valence-corrected chi connectivity index (χ1v) is 11.5. The van der Waals surface area contributed by atoms with Crippen LogP contribution in [0.4, 0.5) is 13.2 Å². The minimum atomic E-state index is -4.43. The fraction of sp³-hybridized carbons (Fsp3) is 0.154. The summed E-state index contributed by atoms with van der Waals surface area (Å²) >= 11 is 1.29. The number of hydrogen-bond acceptors (Lipinski definition) is 5. The lowest BCUT2D eigenvalue weighted by molar-refractivity contribution is -0.137. The van der Waals surface area contributed by atoms with Crippen LogP contribution in [0.25, 0.3) is 10.6 Å². The zero-order valence-electron chi connectivity index (χ0n) is 18.6. The van der Waals surface area contributed by atoms with Crippen molar-refractivity contribution in [1.82, 2.24) is 10.3 Å². The summed E-state index contributed by atoms with van der Waals surface area (Å²) in [5, 5.41) is 4.86. The van der Waals surface area contributed by atoms with E-state index in [0.717, 1.165) is 29.0 Å². The van der Waals surface area contributed by atoms with Gasteiger partial charge in [0, 0.05) is 17.5 Å². The number of hydrogen-bond donors (Lipinski definition) is 1. The van der Waals surface area contributed by atoms with Gasteiger partial charge in [-0.25, -0.2) is 4.98 Å². The number of nitrogens with zero attached hydrogens (tertiary/aromatic N) is 1. The standard InChI is InChI=1S/C26H21F3N2O3S/c1-33-21-9-3-6-18(12-21)15-34-22-10-4-7-19(13-22)25-31-23(16-35-25)24(32)30-14-17-5-2-8-20(11-17)26(27,28)29/h2-13,16H,14-15H2,1H3,(H,30,32). The number of amides is 1. The van der Waals surface area contributed by atoms with Crippen LogP contribution in [0.2, 0.25) is 0 Å². The number of nitrogens with one attached hydrogen (secondary N) is 1. The van der Waals surface area contributed by atoms with Gasteiger partial charge >= 0.3 is 6.18 Å². The van der Waals surface area contributed by atoms with Crippen molar-refractivity contribution in [3.8, 4) is 22.1 Å². The Labute approximate surface area is 204 Å². The molecule has 1 aromatic heterocycles. The van der Waals surface area contributed by atoms with Crippen LogP contribution in [0.3, 0.4) is 0 Å². The van der Waals surface area contributed by atoms with E-state index in [1.807, 2.05) is 48.5 Å². The highest BCUT2D eigenvalue weighted by Gasteiger charge is 2.30. The molecule has 0 atom stereocenters. The van der Waals surface area contributed by atoms with Gasteiger partial charge in [0.15, 0.2) is 0 Å². The third kappa shape index (κ3) is 6.39. The third-order valence-electron chi connectivity index (χ3n) is 5.06. The van der Waals surface area contributed by atoms with Gasteiger partial charge < -0.3 is 14.8 Å². The molecule has 0 aliphatic rings. The highest BCUT2D eigenvalue weighted by Crippen LogP contribution is 2.30. The first kappa shape index (κ1) is 24.3. The Kier molecular flexibility index (Phi) is 7.36. The van der Waals surface area contributed by atoms with Crippen molar-refractivity contribution in [3.63, 3.8) is 0 Å². The lowest BCUT2D eigenvalue weighted by atomic mass is 10.1. The summed E-state index contributed by atoms with van der Waals surface area (Å²) in [5.41, 5.74) is 1.54. The number of rotatable bonds is 8. The summed E-state index contributed by atoms with van der Waals surface area (Å²) in [6, 6.07) is 19.8. The molecule has 0 spiro atoms. The average molecular weight is 499 g/mol. The molecule has 0 fully saturated rings. The number of carbonyl (C=O) groups excluding carboxylic acids is 1. The topological polar surface area (TPSA) is 60.5 Å². The number of thiazole rings is 1. The smallest absolute Gasteiger partial charge is 0.416 e. The first-order valence-electron chi connectivity index (χ1n) is 10.6. The summed E-state index contributed by atoms with van der Waals surface area (Å²) in [6.45, 7) is 0.324. The predicted octanol–water partition coefficient (Wildman–Crippen LogP) is 6.35. The Morgan fingerprint density at radius 2 is 1.71 bits per heavy atom. The van der Waals surface area contributed by atoms with Gasteiger partial charge in [0.25, 0.3) is 5.91 Å². The number of aromatic nitrogens is 1. The van der Waals surface area contributed by atoms with Crippen LogP contribution in [0.15, 0.2) is 78.2 Å². The fourth-order valence-corrected chi connectivity index (χ4v) is 4.09. The largest absolute Gasteiger partial charge is 0.497 e. The van der Waals surface area contributed by atoms with Gasteiger partial charge in [0.1, 0.15) is 28.8 Å². The molecule has 5 nitrogen and oxygen atoms in total. The van der Waals surface area contributed by atoms with E-state index in [0.29, 0.717) is 22.9 Å². The van der Waals surface area contributed by atoms with Crippen molar-refractivity contribution in [1.29, 1.82) is 0 Å². The monoisotopic (exact) mass is 498 g/mol. The normalized spacial score (nSPS) is 11.2. The molecule has 4 rings (SSSR count). The zero-order chi connectivity index (χ0) is 24.8. The SMILES string of the molecule is COc1cccc(COc2cccc(-c3nc(C(=O)NCc4cccc(C(F)(F)F)c4)cs3)c2)c1. The van der Waals surface area contributed by atoms with Crippen molar-refractivity contribution in [2.45, 2.75) is 19.3 Å². The molecule has 0 saturated carbocycles. The summed E-state index contributed by atoms with van der Waals surface area (Å²) in [4.78, 5) is 16.9. The van der Waals surface area contributed by atoms with Gasteiger partial charge in [0.05, 0.1) is 12.7 Å². The van der Waals surface area contributed by atoms with Crippen molar-refractivity contribution >= 4 is 17.2 Å². The number of benzene rings is 3. The average Bonchev–Trinajstić information content (AvgIpc) is 3.37. The molecule has 0 saturated heterocycles. The van der Waals surface area contributed by atoms with E-state index in [2.05, 4.69) is 10.3 Å². The van der Waals surface area contributed by atoms with Gasteiger partial charge in [-0.1, -0.05) is 36.4 Å². The molecular formula is C26H21F3N2O3S. The molecule has 1 N–H and O–H groups in total. The highest BCUT2D eigenvalue weighted by molar-refractivity contribution is 7.13. The Morgan fingerprint density at radius 3 is 2.51 bits per heavy atom. The third-order valence-corrected chi connectivity index (χ3v) is 5.96. The maximum absolute atomic E-state index is 12.9. The predicted molar refractivity (Wildman–Crippen MR) is 127 cm³/mol. The molecule has 1 amide bonds. The van der Waals surface area contributed by atoms with Gasteiger partial charge in [-0.15, -0.1) is 11.3 Å². The maximum atomic E-state index is 12.9. The molecule has 180 valence electrons. The summed E-state index contributed by atoms with van der Waals surface area (Å²) in [6.07, 6.45) is -4.43. The summed E-state index contributed by atoms with van der Waals surface area (Å²) in [7, 11) is 1.61. The number of ether oxygens (including phenoxy) is 2. The minimum absolute atomic E-state index is 0.0385. The van der Waals surface area contributed by atoms with Crippen molar-refractivity contribution in [2.75, 3.05) is 7.11 Å². The summed E-state index contributed by atoms with van der Waals surface area (Å²) < 4.78 is 49.8. The van der Waals surface area contributed by atoms with Crippen LogP contribution < -0.4 is 14.8 Å². The van der Waals surface area contributed by atoms with Gasteiger partial charge in [0.2, 0.25) is 0 Å². The van der Waals surface area contributed by atoms with Crippen LogP contribution in [0.5, 0.6) is 11.5 Å². The van der Waals surface area contributed by atoms with Gasteiger partial charge in [-0.2, -0.15) is 13.2 Å². The highest BCUT2D eigenvalue weighted by atomic mass is 32.1. The van der Waals surface area contributed by atoms with Crippen molar-refractivity contribution in [3.05, 3.63) is 101 Å². The van der Waals surface area contributed by atoms with Gasteiger partial charge in [-0.05, 0) is 47.5 Å². The van der Waals surface area contributed by atoms with E-state index >= 15 is 0 Å². The van der Waals surface area contributed by atoms with Crippen LogP contribution in [0, 0.1) is 0 Å². The zero-order valence-corrected chi connectivity index (χ0v) is 19.5. The molecule has 0 radical (unpaired) electrons. The Bertz CT molecular complexity index is 1320. The number of methoxy groups -OCH3 is 1. The van der Waals surface area contributed by atoms with Crippen LogP contribution >= 0.6 is 11.3 Å². The molecule has 1 heterocycles. The Balaban J connectivity index is 1.38. The minimum Gasteiger partial charge on any atom is -0.497 e. The van der Waals surface area contributed by atoms with E-state index in [1.165, 1.54) is 23.5 Å². The number of halogens is 3. The Morgan fingerprint density at radius 1 is 0.971 bits per heavy atom. The van der Waals surface area contributed by atoms with E-state index in [-0.39, 0.29) is 12.2 Å². The molecule has 0 aliphatic carbocycles. The molecular weight excluding hydrogens is 477 g/mol. The second-order valence-corrected chi connectivity index (χ2v) is 8.44. The molecule has 3 aromatic carbocycles. The van der Waals surface area contributed by atoms with Crippen LogP contribution in [-0.4, -0.2) is 18.0 Å².